The van der Waals surface area contributed by atoms with Gasteiger partial charge in [0.1, 0.15) is 0 Å². The summed E-state index contributed by atoms with van der Waals surface area (Å²) in [6.45, 7) is 6.37. The molecule has 1 aromatic carbocycles. The number of rotatable bonds is 6. The number of methoxy groups -OCH3 is 1. The minimum absolute atomic E-state index is 0.119. The number of nitrogens with one attached hydrogen (secondary N) is 1. The maximum Gasteiger partial charge on any atom is 0.0666 e. The molecule has 1 unspecified atom stereocenters. The minimum atomic E-state index is -0.119. The summed E-state index contributed by atoms with van der Waals surface area (Å²) in [6, 6.07) is 10.5. The van der Waals surface area contributed by atoms with Gasteiger partial charge in [-0.1, -0.05) is 6.07 Å². The second kappa shape index (κ2) is 6.09. The van der Waals surface area contributed by atoms with Crippen LogP contribution in [0.15, 0.2) is 42.7 Å². The van der Waals surface area contributed by atoms with Gasteiger partial charge < -0.3 is 10.1 Å². The molecule has 108 valence electrons. The van der Waals surface area contributed by atoms with E-state index in [4.69, 9.17) is 4.74 Å². The van der Waals surface area contributed by atoms with Crippen LogP contribution < -0.4 is 5.32 Å². The molecule has 0 fully saturated rings. The summed E-state index contributed by atoms with van der Waals surface area (Å²) in [5.74, 6) is 0. The van der Waals surface area contributed by atoms with E-state index in [2.05, 4.69) is 43.3 Å². The Morgan fingerprint density at radius 1 is 1.35 bits per heavy atom. The molecule has 2 aromatic rings. The predicted molar refractivity (Wildman–Crippen MR) is 82.4 cm³/mol. The fraction of sp³-hybridized carbons (Fsp3) is 0.438. The molecule has 0 radical (unpaired) electrons. The molecule has 0 aliphatic rings. The van der Waals surface area contributed by atoms with Gasteiger partial charge in [-0.2, -0.15) is 5.10 Å². The molecule has 1 atom stereocenters. The molecular weight excluding hydrogens is 250 g/mol. The monoisotopic (exact) mass is 273 g/mol. The fourth-order valence-corrected chi connectivity index (χ4v) is 2.32. The highest BCUT2D eigenvalue weighted by atomic mass is 16.5. The van der Waals surface area contributed by atoms with Crippen LogP contribution in [0.4, 0.5) is 5.69 Å². The maximum atomic E-state index is 5.47. The van der Waals surface area contributed by atoms with Crippen LogP contribution in [0.2, 0.25) is 0 Å². The normalized spacial score (nSPS) is 13.2. The van der Waals surface area contributed by atoms with Crippen molar-refractivity contribution in [3.05, 3.63) is 42.7 Å². The maximum absolute atomic E-state index is 5.47. The van der Waals surface area contributed by atoms with Crippen LogP contribution in [0, 0.1) is 0 Å². The lowest BCUT2D eigenvalue weighted by Gasteiger charge is -2.27. The summed E-state index contributed by atoms with van der Waals surface area (Å²) in [5, 5.41) is 7.76. The molecule has 4 heteroatoms. The molecule has 20 heavy (non-hydrogen) atoms. The summed E-state index contributed by atoms with van der Waals surface area (Å²) < 4.78 is 7.33. The smallest absolute Gasteiger partial charge is 0.0666 e. The molecule has 1 aromatic heterocycles. The first-order valence-corrected chi connectivity index (χ1v) is 6.92. The van der Waals surface area contributed by atoms with Gasteiger partial charge in [-0.25, -0.2) is 4.68 Å². The summed E-state index contributed by atoms with van der Waals surface area (Å²) in [6.07, 6.45) is 4.66. The number of hydrogen-bond acceptors (Lipinski definition) is 3. The van der Waals surface area contributed by atoms with Crippen molar-refractivity contribution in [2.45, 2.75) is 38.8 Å². The average Bonchev–Trinajstić information content (AvgIpc) is 2.92. The molecule has 0 amide bonds. The summed E-state index contributed by atoms with van der Waals surface area (Å²) in [7, 11) is 1.76. The standard InChI is InChI=1S/C16H23N3O/c1-13(12-16(2,3)20-4)18-14-7-5-8-15(11-14)19-10-6-9-17-19/h5-11,13,18H,12H2,1-4H3. The van der Waals surface area contributed by atoms with Gasteiger partial charge >= 0.3 is 0 Å². The molecule has 0 aliphatic heterocycles. The fourth-order valence-electron chi connectivity index (χ4n) is 2.32. The topological polar surface area (TPSA) is 39.1 Å². The molecular formula is C16H23N3O. The van der Waals surface area contributed by atoms with E-state index in [1.54, 1.807) is 13.3 Å². The highest BCUT2D eigenvalue weighted by molar-refractivity contribution is 5.51. The third kappa shape index (κ3) is 3.84. The van der Waals surface area contributed by atoms with E-state index in [1.165, 1.54) is 0 Å². The van der Waals surface area contributed by atoms with Crippen molar-refractivity contribution >= 4 is 5.69 Å². The number of aromatic nitrogens is 2. The first-order chi connectivity index (χ1) is 9.50. The van der Waals surface area contributed by atoms with Crippen molar-refractivity contribution in [3.8, 4) is 5.69 Å². The lowest BCUT2D eigenvalue weighted by atomic mass is 9.99. The number of nitrogens with zero attached hydrogens (tertiary/aromatic N) is 2. The van der Waals surface area contributed by atoms with Crippen LogP contribution in [0.3, 0.4) is 0 Å². The Hall–Kier alpha value is -1.81. The van der Waals surface area contributed by atoms with Gasteiger partial charge in [-0.15, -0.1) is 0 Å². The minimum Gasteiger partial charge on any atom is -0.382 e. The van der Waals surface area contributed by atoms with Crippen molar-refractivity contribution < 1.29 is 4.74 Å². The third-order valence-electron chi connectivity index (χ3n) is 3.38. The van der Waals surface area contributed by atoms with E-state index in [-0.39, 0.29) is 5.60 Å². The van der Waals surface area contributed by atoms with Crippen LogP contribution in [-0.4, -0.2) is 28.5 Å². The second-order valence-corrected chi connectivity index (χ2v) is 5.71. The lowest BCUT2D eigenvalue weighted by Crippen LogP contribution is -2.31. The SMILES string of the molecule is COC(C)(C)CC(C)Nc1cccc(-n2cccn2)c1. The van der Waals surface area contributed by atoms with Gasteiger partial charge in [0.25, 0.3) is 0 Å². The first kappa shape index (κ1) is 14.6. The molecule has 0 saturated carbocycles. The van der Waals surface area contributed by atoms with E-state index in [0.29, 0.717) is 6.04 Å². The number of benzene rings is 1. The van der Waals surface area contributed by atoms with Crippen LogP contribution in [-0.2, 0) is 4.74 Å². The molecule has 0 saturated heterocycles. The van der Waals surface area contributed by atoms with E-state index >= 15 is 0 Å². The quantitative estimate of drug-likeness (QED) is 0.875. The zero-order valence-electron chi connectivity index (χ0n) is 12.6. The first-order valence-electron chi connectivity index (χ1n) is 6.92. The Balaban J connectivity index is 2.05. The third-order valence-corrected chi connectivity index (χ3v) is 3.38. The number of anilines is 1. The van der Waals surface area contributed by atoms with Crippen LogP contribution in [0.25, 0.3) is 5.69 Å². The highest BCUT2D eigenvalue weighted by Crippen LogP contribution is 2.20. The summed E-state index contributed by atoms with van der Waals surface area (Å²) >= 11 is 0. The van der Waals surface area contributed by atoms with E-state index < -0.39 is 0 Å². The van der Waals surface area contributed by atoms with Gasteiger partial charge in [0.15, 0.2) is 0 Å². The molecule has 0 spiro atoms. The van der Waals surface area contributed by atoms with Crippen molar-refractivity contribution in [1.29, 1.82) is 0 Å². The zero-order valence-corrected chi connectivity index (χ0v) is 12.6. The van der Waals surface area contributed by atoms with Crippen molar-refractivity contribution in [2.24, 2.45) is 0 Å². The molecule has 4 nitrogen and oxygen atoms in total. The van der Waals surface area contributed by atoms with Gasteiger partial charge in [-0.3, -0.25) is 0 Å². The van der Waals surface area contributed by atoms with Crippen molar-refractivity contribution in [3.63, 3.8) is 0 Å². The average molecular weight is 273 g/mol. The number of ether oxygens (including phenoxy) is 1. The zero-order chi connectivity index (χ0) is 14.6. The Morgan fingerprint density at radius 2 is 2.15 bits per heavy atom. The van der Waals surface area contributed by atoms with E-state index in [0.717, 1.165) is 17.8 Å². The molecule has 1 heterocycles. The van der Waals surface area contributed by atoms with Gasteiger partial charge in [0.05, 0.1) is 11.3 Å². The molecule has 1 N–H and O–H groups in total. The largest absolute Gasteiger partial charge is 0.382 e. The van der Waals surface area contributed by atoms with E-state index in [9.17, 15) is 0 Å². The van der Waals surface area contributed by atoms with Crippen molar-refractivity contribution in [2.75, 3.05) is 12.4 Å². The van der Waals surface area contributed by atoms with Crippen LogP contribution in [0.5, 0.6) is 0 Å². The van der Waals surface area contributed by atoms with Crippen LogP contribution >= 0.6 is 0 Å². The van der Waals surface area contributed by atoms with Crippen LogP contribution in [0.1, 0.15) is 27.2 Å². The molecule has 2 rings (SSSR count). The summed E-state index contributed by atoms with van der Waals surface area (Å²) in [5.41, 5.74) is 2.03. The Bertz CT molecular complexity index is 534. The summed E-state index contributed by atoms with van der Waals surface area (Å²) in [4.78, 5) is 0. The highest BCUT2D eigenvalue weighted by Gasteiger charge is 2.20. The van der Waals surface area contributed by atoms with E-state index in [1.807, 2.05) is 29.1 Å². The van der Waals surface area contributed by atoms with Gasteiger partial charge in [-0.05, 0) is 51.5 Å². The van der Waals surface area contributed by atoms with Gasteiger partial charge in [0.2, 0.25) is 0 Å². The predicted octanol–water partition coefficient (Wildman–Crippen LogP) is 3.49. The molecule has 0 bridgehead atoms. The lowest BCUT2D eigenvalue weighted by molar-refractivity contribution is 0.0128. The Kier molecular flexibility index (Phi) is 4.45. The second-order valence-electron chi connectivity index (χ2n) is 5.71. The number of hydrogen-bond donors (Lipinski definition) is 1. The molecule has 0 aliphatic carbocycles. The Morgan fingerprint density at radius 3 is 2.80 bits per heavy atom. The van der Waals surface area contributed by atoms with Crippen molar-refractivity contribution in [1.82, 2.24) is 9.78 Å². The Labute approximate surface area is 120 Å². The van der Waals surface area contributed by atoms with Gasteiger partial charge in [0, 0.05) is 31.2 Å².